The number of ether oxygens (including phenoxy) is 1. The molecule has 2 heterocycles. The van der Waals surface area contributed by atoms with Crippen LogP contribution in [0.3, 0.4) is 0 Å². The highest BCUT2D eigenvalue weighted by Crippen LogP contribution is 2.24. The van der Waals surface area contributed by atoms with Crippen LogP contribution in [-0.4, -0.2) is 25.5 Å². The van der Waals surface area contributed by atoms with Crippen LogP contribution in [0.2, 0.25) is 0 Å². The zero-order valence-electron chi connectivity index (χ0n) is 11.0. The number of nitrogen functional groups attached to an aromatic ring is 1. The van der Waals surface area contributed by atoms with E-state index in [-0.39, 0.29) is 15.9 Å². The highest BCUT2D eigenvalue weighted by atomic mass is 32.2. The van der Waals surface area contributed by atoms with Crippen LogP contribution in [0.5, 0.6) is 5.88 Å². The number of aromatic nitrogens is 2. The summed E-state index contributed by atoms with van der Waals surface area (Å²) < 4.78 is 31.8. The van der Waals surface area contributed by atoms with E-state index >= 15 is 0 Å². The molecule has 0 aliphatic carbocycles. The fourth-order valence-corrected chi connectivity index (χ4v) is 3.89. The van der Waals surface area contributed by atoms with E-state index < -0.39 is 10.0 Å². The summed E-state index contributed by atoms with van der Waals surface area (Å²) >= 11 is 0.943. The lowest BCUT2D eigenvalue weighted by molar-refractivity contribution is 0.397. The van der Waals surface area contributed by atoms with Crippen molar-refractivity contribution in [2.75, 3.05) is 12.8 Å². The Morgan fingerprint density at radius 1 is 1.45 bits per heavy atom. The van der Waals surface area contributed by atoms with Gasteiger partial charge in [-0.2, -0.15) is 0 Å². The first-order valence-corrected chi connectivity index (χ1v) is 7.94. The monoisotopic (exact) mass is 314 g/mol. The smallest absolute Gasteiger partial charge is 0.252 e. The second-order valence-corrected chi connectivity index (χ2v) is 6.95. The minimum Gasteiger partial charge on any atom is -0.481 e. The standard InChI is InChI=1S/C11H14N4O3S2/c1-7-10(19-11(12)15-7)20(16,17)14-6-8-3-4-9(18-2)13-5-8/h3-5,14H,6H2,1-2H3,(H2,12,15). The van der Waals surface area contributed by atoms with E-state index in [9.17, 15) is 8.42 Å². The average Bonchev–Trinajstić information content (AvgIpc) is 2.77. The number of rotatable bonds is 5. The summed E-state index contributed by atoms with van der Waals surface area (Å²) in [5, 5.41) is 0.231. The molecule has 0 aromatic carbocycles. The highest BCUT2D eigenvalue weighted by Gasteiger charge is 2.20. The van der Waals surface area contributed by atoms with Gasteiger partial charge in [-0.15, -0.1) is 0 Å². The number of nitrogens with one attached hydrogen (secondary N) is 1. The van der Waals surface area contributed by atoms with Gasteiger partial charge in [-0.05, 0) is 12.5 Å². The van der Waals surface area contributed by atoms with E-state index in [2.05, 4.69) is 14.7 Å². The minimum absolute atomic E-state index is 0.135. The zero-order chi connectivity index (χ0) is 14.8. The molecule has 20 heavy (non-hydrogen) atoms. The van der Waals surface area contributed by atoms with E-state index in [4.69, 9.17) is 10.5 Å². The molecule has 0 saturated heterocycles. The predicted molar refractivity (Wildman–Crippen MR) is 76.1 cm³/mol. The second-order valence-electron chi connectivity index (χ2n) is 3.96. The summed E-state index contributed by atoms with van der Waals surface area (Å²) in [5.41, 5.74) is 6.63. The molecule has 9 heteroatoms. The third kappa shape index (κ3) is 3.24. The number of thiazole rings is 1. The van der Waals surface area contributed by atoms with Crippen molar-refractivity contribution in [3.05, 3.63) is 29.6 Å². The van der Waals surface area contributed by atoms with Crippen molar-refractivity contribution in [1.82, 2.24) is 14.7 Å². The summed E-state index contributed by atoms with van der Waals surface area (Å²) in [4.78, 5) is 7.91. The Bertz CT molecular complexity index is 695. The molecule has 0 fully saturated rings. The molecule has 0 aliphatic rings. The summed E-state index contributed by atoms with van der Waals surface area (Å²) in [5.74, 6) is 0.475. The average molecular weight is 314 g/mol. The Morgan fingerprint density at radius 3 is 2.70 bits per heavy atom. The summed E-state index contributed by atoms with van der Waals surface area (Å²) in [6.45, 7) is 1.74. The Labute approximate surface area is 120 Å². The fourth-order valence-electron chi connectivity index (χ4n) is 1.53. The maximum absolute atomic E-state index is 12.1. The number of hydrogen-bond donors (Lipinski definition) is 2. The predicted octanol–water partition coefficient (Wildman–Crippen LogP) is 0.916. The van der Waals surface area contributed by atoms with Crippen molar-refractivity contribution < 1.29 is 13.2 Å². The topological polar surface area (TPSA) is 107 Å². The zero-order valence-corrected chi connectivity index (χ0v) is 12.6. The van der Waals surface area contributed by atoms with Crippen molar-refractivity contribution in [3.8, 4) is 5.88 Å². The Morgan fingerprint density at radius 2 is 2.20 bits per heavy atom. The SMILES string of the molecule is COc1ccc(CNS(=O)(=O)c2sc(N)nc2C)cn1. The molecule has 0 bridgehead atoms. The molecule has 2 rings (SSSR count). The van der Waals surface area contributed by atoms with Crippen LogP contribution in [0, 0.1) is 6.92 Å². The van der Waals surface area contributed by atoms with Gasteiger partial charge in [0.15, 0.2) is 9.34 Å². The number of nitrogens with zero attached hydrogens (tertiary/aromatic N) is 2. The van der Waals surface area contributed by atoms with Crippen molar-refractivity contribution in [1.29, 1.82) is 0 Å². The molecule has 2 aromatic rings. The molecule has 0 aliphatic heterocycles. The number of pyridine rings is 1. The van der Waals surface area contributed by atoms with Gasteiger partial charge in [0.2, 0.25) is 5.88 Å². The number of aryl methyl sites for hydroxylation is 1. The Kier molecular flexibility index (Phi) is 4.21. The molecule has 2 aromatic heterocycles. The molecule has 0 saturated carbocycles. The quantitative estimate of drug-likeness (QED) is 0.849. The normalized spacial score (nSPS) is 11.5. The fraction of sp³-hybridized carbons (Fsp3) is 0.273. The van der Waals surface area contributed by atoms with Gasteiger partial charge in [0.25, 0.3) is 10.0 Å². The van der Waals surface area contributed by atoms with Crippen molar-refractivity contribution in [3.63, 3.8) is 0 Å². The first-order chi connectivity index (χ1) is 9.42. The van der Waals surface area contributed by atoms with Crippen LogP contribution in [0.15, 0.2) is 22.5 Å². The second kappa shape index (κ2) is 5.73. The molecule has 108 valence electrons. The van der Waals surface area contributed by atoms with Gasteiger partial charge in [-0.3, -0.25) is 0 Å². The minimum atomic E-state index is -3.62. The lowest BCUT2D eigenvalue weighted by atomic mass is 10.3. The van der Waals surface area contributed by atoms with E-state index in [0.717, 1.165) is 16.9 Å². The largest absolute Gasteiger partial charge is 0.481 e. The first-order valence-electron chi connectivity index (χ1n) is 5.64. The van der Waals surface area contributed by atoms with Gasteiger partial charge in [-0.1, -0.05) is 17.4 Å². The first kappa shape index (κ1) is 14.7. The van der Waals surface area contributed by atoms with Gasteiger partial charge in [0.05, 0.1) is 12.8 Å². The molecular formula is C11H14N4O3S2. The van der Waals surface area contributed by atoms with Crippen LogP contribution >= 0.6 is 11.3 Å². The van der Waals surface area contributed by atoms with Crippen LogP contribution in [0.25, 0.3) is 0 Å². The Hall–Kier alpha value is -1.71. The lowest BCUT2D eigenvalue weighted by Crippen LogP contribution is -2.23. The van der Waals surface area contributed by atoms with Gasteiger partial charge >= 0.3 is 0 Å². The number of sulfonamides is 1. The van der Waals surface area contributed by atoms with Gasteiger partial charge < -0.3 is 10.5 Å². The van der Waals surface area contributed by atoms with Gasteiger partial charge in [-0.25, -0.2) is 23.1 Å². The maximum atomic E-state index is 12.1. The summed E-state index contributed by atoms with van der Waals surface area (Å²) in [6.07, 6.45) is 1.55. The van der Waals surface area contributed by atoms with Crippen LogP contribution < -0.4 is 15.2 Å². The summed E-state index contributed by atoms with van der Waals surface area (Å²) in [7, 11) is -2.10. The molecule has 0 atom stereocenters. The van der Waals surface area contributed by atoms with Gasteiger partial charge in [0.1, 0.15) is 0 Å². The van der Waals surface area contributed by atoms with Crippen molar-refractivity contribution >= 4 is 26.5 Å². The number of hydrogen-bond acceptors (Lipinski definition) is 7. The summed E-state index contributed by atoms with van der Waals surface area (Å²) in [6, 6.07) is 3.40. The molecule has 0 amide bonds. The van der Waals surface area contributed by atoms with E-state index in [1.807, 2.05) is 0 Å². The lowest BCUT2D eigenvalue weighted by Gasteiger charge is -2.05. The molecule has 7 nitrogen and oxygen atoms in total. The van der Waals surface area contributed by atoms with Crippen molar-refractivity contribution in [2.45, 2.75) is 17.7 Å². The van der Waals surface area contributed by atoms with E-state index in [1.165, 1.54) is 7.11 Å². The van der Waals surface area contributed by atoms with Crippen LogP contribution in [0.1, 0.15) is 11.3 Å². The Balaban J connectivity index is 2.11. The molecule has 0 unspecified atom stereocenters. The molecule has 3 N–H and O–H groups in total. The van der Waals surface area contributed by atoms with Crippen molar-refractivity contribution in [2.24, 2.45) is 0 Å². The van der Waals surface area contributed by atoms with E-state index in [0.29, 0.717) is 11.6 Å². The van der Waals surface area contributed by atoms with Crippen LogP contribution in [-0.2, 0) is 16.6 Å². The molecular weight excluding hydrogens is 300 g/mol. The van der Waals surface area contributed by atoms with Gasteiger partial charge in [0, 0.05) is 18.8 Å². The van der Waals surface area contributed by atoms with Crippen LogP contribution in [0.4, 0.5) is 5.13 Å². The molecule has 0 spiro atoms. The third-order valence-electron chi connectivity index (χ3n) is 2.49. The molecule has 0 radical (unpaired) electrons. The number of nitrogens with two attached hydrogens (primary N) is 1. The highest BCUT2D eigenvalue weighted by molar-refractivity contribution is 7.91. The number of methoxy groups -OCH3 is 1. The number of anilines is 1. The maximum Gasteiger partial charge on any atom is 0.252 e. The van der Waals surface area contributed by atoms with E-state index in [1.54, 1.807) is 25.3 Å². The third-order valence-corrected chi connectivity index (χ3v) is 5.49.